The maximum Gasteiger partial charge on any atom is 0.239 e. The lowest BCUT2D eigenvalue weighted by molar-refractivity contribution is -0.117. The number of carbonyl (C=O) groups excluding carboxylic acids is 1. The van der Waals surface area contributed by atoms with E-state index in [1.165, 1.54) is 6.20 Å². The summed E-state index contributed by atoms with van der Waals surface area (Å²) in [7, 11) is 1.90. The van der Waals surface area contributed by atoms with E-state index in [0.717, 1.165) is 24.9 Å². The Morgan fingerprint density at radius 2 is 2.32 bits per heavy atom. The highest BCUT2D eigenvalue weighted by Crippen LogP contribution is 2.31. The number of aryl methyl sites for hydroxylation is 1. The number of nitrogens with one attached hydrogen (secondary N) is 1. The third kappa shape index (κ3) is 3.45. The first kappa shape index (κ1) is 15.0. The molecule has 0 aromatic carbocycles. The van der Waals surface area contributed by atoms with Crippen molar-refractivity contribution in [1.29, 1.82) is 0 Å². The number of likely N-dealkylation sites (tertiary alicyclic amines) is 1. The summed E-state index contributed by atoms with van der Waals surface area (Å²) in [4.78, 5) is 18.4. The zero-order valence-electron chi connectivity index (χ0n) is 12.4. The number of amides is 1. The largest absolute Gasteiger partial charge is 0.310 e. The Kier molecular flexibility index (Phi) is 4.40. The number of carbonyl (C=O) groups is 1. The van der Waals surface area contributed by atoms with Gasteiger partial charge in [-0.2, -0.15) is 5.10 Å². The van der Waals surface area contributed by atoms with Gasteiger partial charge in [-0.1, -0.05) is 11.6 Å². The van der Waals surface area contributed by atoms with Crippen LogP contribution in [-0.4, -0.2) is 38.7 Å². The molecular formula is C15H18ClN5O. The van der Waals surface area contributed by atoms with E-state index in [0.29, 0.717) is 17.4 Å². The molecule has 1 amide bonds. The first-order valence-electron chi connectivity index (χ1n) is 7.26. The minimum Gasteiger partial charge on any atom is -0.310 e. The van der Waals surface area contributed by atoms with Gasteiger partial charge in [0.25, 0.3) is 0 Å². The molecular weight excluding hydrogens is 302 g/mol. The number of rotatable bonds is 4. The highest BCUT2D eigenvalue weighted by molar-refractivity contribution is 6.30. The van der Waals surface area contributed by atoms with Crippen molar-refractivity contribution in [2.45, 2.75) is 18.9 Å². The first-order valence-corrected chi connectivity index (χ1v) is 7.63. The molecule has 0 aliphatic carbocycles. The van der Waals surface area contributed by atoms with E-state index in [2.05, 4.69) is 20.3 Å². The van der Waals surface area contributed by atoms with Crippen LogP contribution in [0.5, 0.6) is 0 Å². The Bertz CT molecular complexity index is 654. The van der Waals surface area contributed by atoms with Gasteiger partial charge in [-0.15, -0.1) is 0 Å². The van der Waals surface area contributed by atoms with Crippen LogP contribution in [0.15, 0.2) is 30.7 Å². The topological polar surface area (TPSA) is 63.1 Å². The van der Waals surface area contributed by atoms with Crippen molar-refractivity contribution in [3.63, 3.8) is 0 Å². The fourth-order valence-corrected chi connectivity index (χ4v) is 2.93. The van der Waals surface area contributed by atoms with Crippen LogP contribution in [0.4, 0.5) is 5.82 Å². The molecule has 1 aliphatic heterocycles. The van der Waals surface area contributed by atoms with Gasteiger partial charge in [0, 0.05) is 31.0 Å². The summed E-state index contributed by atoms with van der Waals surface area (Å²) in [6, 6.07) is 3.67. The third-order valence-corrected chi connectivity index (χ3v) is 4.04. The van der Waals surface area contributed by atoms with Crippen molar-refractivity contribution in [3.05, 3.63) is 41.3 Å². The van der Waals surface area contributed by atoms with E-state index >= 15 is 0 Å². The number of halogens is 1. The maximum absolute atomic E-state index is 12.2. The number of hydrogen-bond acceptors (Lipinski definition) is 4. The summed E-state index contributed by atoms with van der Waals surface area (Å²) in [5, 5.41) is 7.57. The molecule has 6 nitrogen and oxygen atoms in total. The second kappa shape index (κ2) is 6.46. The second-order valence-electron chi connectivity index (χ2n) is 5.49. The number of aromatic nitrogens is 3. The Labute approximate surface area is 134 Å². The van der Waals surface area contributed by atoms with Crippen molar-refractivity contribution < 1.29 is 4.79 Å². The Morgan fingerprint density at radius 1 is 1.45 bits per heavy atom. The van der Waals surface area contributed by atoms with Gasteiger partial charge in [-0.3, -0.25) is 14.4 Å². The van der Waals surface area contributed by atoms with E-state index in [-0.39, 0.29) is 11.9 Å². The quantitative estimate of drug-likeness (QED) is 0.939. The number of pyridine rings is 1. The first-order chi connectivity index (χ1) is 10.6. The summed E-state index contributed by atoms with van der Waals surface area (Å²) >= 11 is 5.78. The van der Waals surface area contributed by atoms with Crippen LogP contribution >= 0.6 is 11.6 Å². The predicted molar refractivity (Wildman–Crippen MR) is 84.6 cm³/mol. The number of anilines is 1. The van der Waals surface area contributed by atoms with Crippen LogP contribution in [-0.2, 0) is 11.8 Å². The van der Waals surface area contributed by atoms with Crippen molar-refractivity contribution in [1.82, 2.24) is 19.7 Å². The molecule has 3 rings (SSSR count). The van der Waals surface area contributed by atoms with Gasteiger partial charge in [0.05, 0.1) is 17.8 Å². The summed E-state index contributed by atoms with van der Waals surface area (Å²) in [5.41, 5.74) is 1.16. The molecule has 3 heterocycles. The minimum atomic E-state index is -0.0642. The van der Waals surface area contributed by atoms with Gasteiger partial charge in [0.1, 0.15) is 5.82 Å². The molecule has 0 saturated carbocycles. The molecule has 1 atom stereocenters. The van der Waals surface area contributed by atoms with E-state index in [4.69, 9.17) is 11.6 Å². The van der Waals surface area contributed by atoms with Crippen LogP contribution in [0, 0.1) is 0 Å². The normalized spacial score (nSPS) is 18.5. The lowest BCUT2D eigenvalue weighted by Gasteiger charge is -2.22. The lowest BCUT2D eigenvalue weighted by Crippen LogP contribution is -2.33. The standard InChI is InChI=1S/C15H18ClN5O/c1-20-9-11(7-18-20)13-3-2-6-21(13)10-15(22)19-14-5-4-12(16)8-17-14/h4-5,7-9,13H,2-3,6,10H2,1H3,(H,17,19,22)/t13-/m1/s1. The van der Waals surface area contributed by atoms with Crippen molar-refractivity contribution in [3.8, 4) is 0 Å². The monoisotopic (exact) mass is 319 g/mol. The van der Waals surface area contributed by atoms with Crippen molar-refractivity contribution in [2.24, 2.45) is 7.05 Å². The van der Waals surface area contributed by atoms with E-state index in [1.54, 1.807) is 16.8 Å². The number of nitrogens with zero attached hydrogens (tertiary/aromatic N) is 4. The molecule has 0 bridgehead atoms. The van der Waals surface area contributed by atoms with E-state index < -0.39 is 0 Å². The Balaban J connectivity index is 1.61. The molecule has 1 aliphatic rings. The lowest BCUT2D eigenvalue weighted by atomic mass is 10.1. The SMILES string of the molecule is Cn1cc([C@H]2CCCN2CC(=O)Nc2ccc(Cl)cn2)cn1. The number of hydrogen-bond donors (Lipinski definition) is 1. The van der Waals surface area contributed by atoms with Crippen LogP contribution in [0.25, 0.3) is 0 Å². The average Bonchev–Trinajstić information content (AvgIpc) is 3.10. The molecule has 0 spiro atoms. The Morgan fingerprint density at radius 3 is 3.00 bits per heavy atom. The summed E-state index contributed by atoms with van der Waals surface area (Å²) in [5.74, 6) is 0.456. The third-order valence-electron chi connectivity index (χ3n) is 3.81. The molecule has 0 radical (unpaired) electrons. The van der Waals surface area contributed by atoms with Gasteiger partial charge in [0.15, 0.2) is 0 Å². The summed E-state index contributed by atoms with van der Waals surface area (Å²) in [6.07, 6.45) is 7.55. The maximum atomic E-state index is 12.2. The molecule has 7 heteroatoms. The van der Waals surface area contributed by atoms with Gasteiger partial charge in [-0.25, -0.2) is 4.98 Å². The van der Waals surface area contributed by atoms with Gasteiger partial charge in [-0.05, 0) is 31.5 Å². The van der Waals surface area contributed by atoms with Crippen LogP contribution in [0.3, 0.4) is 0 Å². The molecule has 2 aromatic rings. The summed E-state index contributed by atoms with van der Waals surface area (Å²) < 4.78 is 1.80. The average molecular weight is 320 g/mol. The van der Waals surface area contributed by atoms with Gasteiger partial charge >= 0.3 is 0 Å². The zero-order valence-corrected chi connectivity index (χ0v) is 13.1. The predicted octanol–water partition coefficient (Wildman–Crippen LogP) is 2.24. The van der Waals surface area contributed by atoms with Crippen LogP contribution in [0.2, 0.25) is 5.02 Å². The van der Waals surface area contributed by atoms with Crippen molar-refractivity contribution in [2.75, 3.05) is 18.4 Å². The molecule has 0 unspecified atom stereocenters. The Hall–Kier alpha value is -1.92. The fourth-order valence-electron chi connectivity index (χ4n) is 2.82. The zero-order chi connectivity index (χ0) is 15.5. The van der Waals surface area contributed by atoms with E-state index in [9.17, 15) is 4.79 Å². The van der Waals surface area contributed by atoms with E-state index in [1.807, 2.05) is 19.4 Å². The molecule has 22 heavy (non-hydrogen) atoms. The molecule has 1 fully saturated rings. The molecule has 1 saturated heterocycles. The highest BCUT2D eigenvalue weighted by atomic mass is 35.5. The van der Waals surface area contributed by atoms with Crippen LogP contribution < -0.4 is 5.32 Å². The van der Waals surface area contributed by atoms with Gasteiger partial charge < -0.3 is 5.32 Å². The van der Waals surface area contributed by atoms with Crippen LogP contribution in [0.1, 0.15) is 24.4 Å². The fraction of sp³-hybridized carbons (Fsp3) is 0.400. The molecule has 1 N–H and O–H groups in total. The van der Waals surface area contributed by atoms with Crippen molar-refractivity contribution >= 4 is 23.3 Å². The van der Waals surface area contributed by atoms with Gasteiger partial charge in [0.2, 0.25) is 5.91 Å². The second-order valence-corrected chi connectivity index (χ2v) is 5.92. The molecule has 116 valence electrons. The summed E-state index contributed by atoms with van der Waals surface area (Å²) in [6.45, 7) is 1.27. The minimum absolute atomic E-state index is 0.0642. The smallest absolute Gasteiger partial charge is 0.239 e. The molecule has 2 aromatic heterocycles. The highest BCUT2D eigenvalue weighted by Gasteiger charge is 2.28.